The van der Waals surface area contributed by atoms with Crippen LogP contribution in [-0.4, -0.2) is 37.7 Å². The van der Waals surface area contributed by atoms with Gasteiger partial charge in [-0.15, -0.1) is 0 Å². The van der Waals surface area contributed by atoms with Gasteiger partial charge in [-0.3, -0.25) is 0 Å². The number of rotatable bonds is 8. The molecule has 1 atom stereocenters. The highest BCUT2D eigenvalue weighted by molar-refractivity contribution is 7.91. The molecule has 0 saturated carbocycles. The monoisotopic (exact) mass is 301 g/mol. The van der Waals surface area contributed by atoms with Crippen LogP contribution in [0.4, 0.5) is 0 Å². The Kier molecular flexibility index (Phi) is 6.45. The molecule has 0 spiro atoms. The van der Waals surface area contributed by atoms with Crippen LogP contribution >= 0.6 is 0 Å². The molecule has 0 saturated heterocycles. The maximum atomic E-state index is 11.7. The third-order valence-electron chi connectivity index (χ3n) is 2.61. The molecule has 1 unspecified atom stereocenters. The van der Waals surface area contributed by atoms with Crippen LogP contribution in [0.5, 0.6) is 5.75 Å². The Hall–Kier alpha value is -1.11. The molecule has 0 fully saturated rings. The second kappa shape index (κ2) is 7.61. The summed E-state index contributed by atoms with van der Waals surface area (Å²) in [5.41, 5.74) is 6.44. The first-order chi connectivity index (χ1) is 9.32. The van der Waals surface area contributed by atoms with Crippen molar-refractivity contribution < 1.29 is 18.3 Å². The Morgan fingerprint density at radius 2 is 2.00 bits per heavy atom. The van der Waals surface area contributed by atoms with Gasteiger partial charge in [-0.1, -0.05) is 26.0 Å². The van der Waals surface area contributed by atoms with Crippen LogP contribution < -0.4 is 10.5 Å². The van der Waals surface area contributed by atoms with Crippen LogP contribution in [0.2, 0.25) is 0 Å². The molecule has 0 aliphatic rings. The first kappa shape index (κ1) is 16.9. The van der Waals surface area contributed by atoms with E-state index in [2.05, 4.69) is 0 Å². The van der Waals surface area contributed by atoms with Crippen molar-refractivity contribution in [1.82, 2.24) is 0 Å². The van der Waals surface area contributed by atoms with E-state index in [1.54, 1.807) is 18.2 Å². The first-order valence-corrected chi connectivity index (χ1v) is 8.45. The Morgan fingerprint density at radius 3 is 2.60 bits per heavy atom. The predicted molar refractivity (Wildman–Crippen MR) is 79.3 cm³/mol. The van der Waals surface area contributed by atoms with Crippen molar-refractivity contribution >= 4 is 9.84 Å². The lowest BCUT2D eigenvalue weighted by Crippen LogP contribution is -2.29. The van der Waals surface area contributed by atoms with Crippen LogP contribution in [0.25, 0.3) is 0 Å². The minimum atomic E-state index is -3.25. The van der Waals surface area contributed by atoms with Gasteiger partial charge in [-0.2, -0.15) is 0 Å². The average molecular weight is 301 g/mol. The maximum Gasteiger partial charge on any atom is 0.153 e. The van der Waals surface area contributed by atoms with Crippen LogP contribution in [-0.2, 0) is 16.4 Å². The number of nitrogens with two attached hydrogens (primary N) is 1. The second-order valence-electron chi connectivity index (χ2n) is 5.29. The van der Waals surface area contributed by atoms with Gasteiger partial charge >= 0.3 is 0 Å². The van der Waals surface area contributed by atoms with E-state index < -0.39 is 15.9 Å². The zero-order valence-corrected chi connectivity index (χ0v) is 12.8. The van der Waals surface area contributed by atoms with Gasteiger partial charge in [0.1, 0.15) is 18.5 Å². The SMILES string of the molecule is CC(C)CS(=O)(=O)CC(O)COc1cccc(CN)c1. The minimum absolute atomic E-state index is 0.0502. The number of hydrogen-bond donors (Lipinski definition) is 2. The molecule has 1 aromatic carbocycles. The van der Waals surface area contributed by atoms with Gasteiger partial charge in [0, 0.05) is 6.54 Å². The molecule has 114 valence electrons. The number of aliphatic hydroxyl groups excluding tert-OH is 1. The fourth-order valence-electron chi connectivity index (χ4n) is 1.87. The van der Waals surface area contributed by atoms with E-state index in [0.717, 1.165) is 5.56 Å². The number of ether oxygens (including phenoxy) is 1. The fraction of sp³-hybridized carbons (Fsp3) is 0.571. The summed E-state index contributed by atoms with van der Waals surface area (Å²) in [6, 6.07) is 7.19. The zero-order valence-electron chi connectivity index (χ0n) is 12.0. The topological polar surface area (TPSA) is 89.6 Å². The quantitative estimate of drug-likeness (QED) is 0.746. The van der Waals surface area contributed by atoms with Crippen LogP contribution in [0.3, 0.4) is 0 Å². The molecule has 0 bridgehead atoms. The largest absolute Gasteiger partial charge is 0.491 e. The van der Waals surface area contributed by atoms with E-state index in [4.69, 9.17) is 10.5 Å². The van der Waals surface area contributed by atoms with E-state index in [-0.39, 0.29) is 24.0 Å². The highest BCUT2D eigenvalue weighted by Gasteiger charge is 2.19. The van der Waals surface area contributed by atoms with E-state index in [1.165, 1.54) is 0 Å². The van der Waals surface area contributed by atoms with Crippen molar-refractivity contribution in [3.05, 3.63) is 29.8 Å². The summed E-state index contributed by atoms with van der Waals surface area (Å²) in [6.45, 7) is 4.02. The standard InChI is InChI=1S/C14H23NO4S/c1-11(2)9-20(17,18)10-13(16)8-19-14-5-3-4-12(6-14)7-15/h3-6,11,13,16H,7-10,15H2,1-2H3. The molecular formula is C14H23NO4S. The molecule has 1 rings (SSSR count). The van der Waals surface area contributed by atoms with Crippen LogP contribution in [0.15, 0.2) is 24.3 Å². The van der Waals surface area contributed by atoms with Crippen molar-refractivity contribution in [2.24, 2.45) is 11.7 Å². The summed E-state index contributed by atoms with van der Waals surface area (Å²) in [4.78, 5) is 0. The van der Waals surface area contributed by atoms with Crippen molar-refractivity contribution in [3.8, 4) is 5.75 Å². The minimum Gasteiger partial charge on any atom is -0.491 e. The predicted octanol–water partition coefficient (Wildman–Crippen LogP) is 0.956. The number of hydrogen-bond acceptors (Lipinski definition) is 5. The Morgan fingerprint density at radius 1 is 1.30 bits per heavy atom. The molecule has 0 aromatic heterocycles. The van der Waals surface area contributed by atoms with E-state index in [0.29, 0.717) is 12.3 Å². The van der Waals surface area contributed by atoms with Crippen LogP contribution in [0.1, 0.15) is 19.4 Å². The highest BCUT2D eigenvalue weighted by atomic mass is 32.2. The van der Waals surface area contributed by atoms with Gasteiger partial charge in [-0.25, -0.2) is 8.42 Å². The van der Waals surface area contributed by atoms with Gasteiger partial charge in [0.25, 0.3) is 0 Å². The van der Waals surface area contributed by atoms with Gasteiger partial charge in [0.2, 0.25) is 0 Å². The summed E-state index contributed by atoms with van der Waals surface area (Å²) in [6.07, 6.45) is -1.03. The van der Waals surface area contributed by atoms with Gasteiger partial charge < -0.3 is 15.6 Å². The smallest absolute Gasteiger partial charge is 0.153 e. The molecule has 6 heteroatoms. The van der Waals surface area contributed by atoms with Gasteiger partial charge in [-0.05, 0) is 23.6 Å². The fourth-order valence-corrected chi connectivity index (χ4v) is 3.71. The molecule has 3 N–H and O–H groups in total. The normalized spacial score (nSPS) is 13.4. The molecule has 0 amide bonds. The number of benzene rings is 1. The van der Waals surface area contributed by atoms with Crippen molar-refractivity contribution in [2.75, 3.05) is 18.1 Å². The number of aliphatic hydroxyl groups is 1. The highest BCUT2D eigenvalue weighted by Crippen LogP contribution is 2.13. The van der Waals surface area contributed by atoms with E-state index >= 15 is 0 Å². The summed E-state index contributed by atoms with van der Waals surface area (Å²) in [7, 11) is -3.25. The zero-order chi connectivity index (χ0) is 15.2. The average Bonchev–Trinajstić information content (AvgIpc) is 2.34. The Bertz CT molecular complexity index is 514. The molecule has 0 aliphatic heterocycles. The Labute approximate surface area is 120 Å². The molecular weight excluding hydrogens is 278 g/mol. The van der Waals surface area contributed by atoms with E-state index in [9.17, 15) is 13.5 Å². The van der Waals surface area contributed by atoms with Crippen molar-refractivity contribution in [2.45, 2.75) is 26.5 Å². The maximum absolute atomic E-state index is 11.7. The lowest BCUT2D eigenvalue weighted by molar-refractivity contribution is 0.125. The van der Waals surface area contributed by atoms with Gasteiger partial charge in [0.05, 0.1) is 11.5 Å². The first-order valence-electron chi connectivity index (χ1n) is 6.62. The third kappa shape index (κ3) is 6.36. The Balaban J connectivity index is 2.48. The van der Waals surface area contributed by atoms with Crippen molar-refractivity contribution in [1.29, 1.82) is 0 Å². The van der Waals surface area contributed by atoms with E-state index in [1.807, 2.05) is 19.9 Å². The summed E-state index contributed by atoms with van der Waals surface area (Å²) in [5.74, 6) is 0.427. The molecule has 20 heavy (non-hydrogen) atoms. The molecule has 0 radical (unpaired) electrons. The summed E-state index contributed by atoms with van der Waals surface area (Å²) >= 11 is 0. The molecule has 1 aromatic rings. The molecule has 5 nitrogen and oxygen atoms in total. The van der Waals surface area contributed by atoms with Crippen LogP contribution in [0, 0.1) is 5.92 Å². The summed E-state index contributed by atoms with van der Waals surface area (Å²) < 4.78 is 28.9. The third-order valence-corrected chi connectivity index (χ3v) is 4.68. The second-order valence-corrected chi connectivity index (χ2v) is 7.44. The van der Waals surface area contributed by atoms with Crippen molar-refractivity contribution in [3.63, 3.8) is 0 Å². The summed E-state index contributed by atoms with van der Waals surface area (Å²) in [5, 5.41) is 9.76. The molecule has 0 heterocycles. The molecule has 0 aliphatic carbocycles. The lowest BCUT2D eigenvalue weighted by atomic mass is 10.2. The number of sulfone groups is 1. The van der Waals surface area contributed by atoms with Gasteiger partial charge in [0.15, 0.2) is 9.84 Å². The lowest BCUT2D eigenvalue weighted by Gasteiger charge is -2.14.